The Hall–Kier alpha value is -3.93. The average molecular weight is 370 g/mol. The van der Waals surface area contributed by atoms with Gasteiger partial charge in [0.05, 0.1) is 12.1 Å². The predicted octanol–water partition coefficient (Wildman–Crippen LogP) is 4.37. The lowest BCUT2D eigenvalue weighted by atomic mass is 10.2. The van der Waals surface area contributed by atoms with E-state index in [1.807, 2.05) is 71.5 Å². The fourth-order valence-electron chi connectivity index (χ4n) is 2.72. The second-order valence-electron chi connectivity index (χ2n) is 6.16. The molecular weight excluding hydrogens is 352 g/mol. The van der Waals surface area contributed by atoms with Gasteiger partial charge in [-0.2, -0.15) is 5.10 Å². The topological polar surface area (TPSA) is 69.0 Å². The van der Waals surface area contributed by atoms with Crippen LogP contribution in [0.5, 0.6) is 11.6 Å². The van der Waals surface area contributed by atoms with E-state index in [0.29, 0.717) is 23.7 Å². The summed E-state index contributed by atoms with van der Waals surface area (Å²) in [5, 5.41) is 7.10. The number of anilines is 1. The summed E-state index contributed by atoms with van der Waals surface area (Å²) in [6.45, 7) is 0.643. The number of ether oxygens (including phenoxy) is 1. The molecule has 6 heteroatoms. The summed E-state index contributed by atoms with van der Waals surface area (Å²) in [4.78, 5) is 16.7. The summed E-state index contributed by atoms with van der Waals surface area (Å²) in [6.07, 6.45) is 5.14. The first-order valence-electron chi connectivity index (χ1n) is 8.83. The normalized spacial score (nSPS) is 10.4. The number of rotatable bonds is 6. The van der Waals surface area contributed by atoms with Crippen molar-refractivity contribution in [3.8, 4) is 11.6 Å². The summed E-state index contributed by atoms with van der Waals surface area (Å²) in [5.74, 6) is 0.903. The Morgan fingerprint density at radius 1 is 1.00 bits per heavy atom. The van der Waals surface area contributed by atoms with Crippen LogP contribution < -0.4 is 10.1 Å². The van der Waals surface area contributed by atoms with E-state index < -0.39 is 0 Å². The molecule has 4 rings (SSSR count). The van der Waals surface area contributed by atoms with Gasteiger partial charge in [0.1, 0.15) is 5.75 Å². The molecule has 0 aliphatic carbocycles. The second-order valence-corrected chi connectivity index (χ2v) is 6.16. The molecule has 1 N–H and O–H groups in total. The van der Waals surface area contributed by atoms with Crippen molar-refractivity contribution in [1.29, 1.82) is 0 Å². The first-order chi connectivity index (χ1) is 13.8. The van der Waals surface area contributed by atoms with Gasteiger partial charge < -0.3 is 10.1 Å². The fourth-order valence-corrected chi connectivity index (χ4v) is 2.72. The van der Waals surface area contributed by atoms with Crippen LogP contribution in [0, 0.1) is 0 Å². The summed E-state index contributed by atoms with van der Waals surface area (Å²) >= 11 is 0. The monoisotopic (exact) mass is 370 g/mol. The molecule has 0 unspecified atom stereocenters. The highest BCUT2D eigenvalue weighted by Gasteiger charge is 2.08. The average Bonchev–Trinajstić information content (AvgIpc) is 3.23. The van der Waals surface area contributed by atoms with Crippen LogP contribution in [0.25, 0.3) is 0 Å². The second kappa shape index (κ2) is 8.18. The summed E-state index contributed by atoms with van der Waals surface area (Å²) in [7, 11) is 0. The van der Waals surface area contributed by atoms with Gasteiger partial charge in [-0.05, 0) is 42.0 Å². The van der Waals surface area contributed by atoms with Crippen LogP contribution in [-0.2, 0) is 6.54 Å². The molecule has 2 aromatic carbocycles. The maximum absolute atomic E-state index is 12.5. The SMILES string of the molecule is O=C(Nc1cccc(Cn2cccn2)c1)c1ccc(Oc2ccccc2)nc1. The van der Waals surface area contributed by atoms with Gasteiger partial charge in [0, 0.05) is 30.3 Å². The molecule has 6 nitrogen and oxygen atoms in total. The molecule has 2 heterocycles. The molecule has 0 spiro atoms. The Morgan fingerprint density at radius 2 is 1.89 bits per heavy atom. The van der Waals surface area contributed by atoms with Crippen LogP contribution in [0.3, 0.4) is 0 Å². The third-order valence-electron chi connectivity index (χ3n) is 4.05. The Labute approximate surface area is 162 Å². The van der Waals surface area contributed by atoms with E-state index in [9.17, 15) is 4.79 Å². The van der Waals surface area contributed by atoms with Crippen LogP contribution >= 0.6 is 0 Å². The van der Waals surface area contributed by atoms with Crippen LogP contribution in [0.2, 0.25) is 0 Å². The van der Waals surface area contributed by atoms with Crippen molar-refractivity contribution in [2.24, 2.45) is 0 Å². The van der Waals surface area contributed by atoms with Crippen molar-refractivity contribution in [3.63, 3.8) is 0 Å². The zero-order valence-electron chi connectivity index (χ0n) is 15.0. The Balaban J connectivity index is 1.41. The lowest BCUT2D eigenvalue weighted by Crippen LogP contribution is -2.12. The third-order valence-corrected chi connectivity index (χ3v) is 4.05. The van der Waals surface area contributed by atoms with E-state index in [0.717, 1.165) is 11.3 Å². The third kappa shape index (κ3) is 4.42. The number of carbonyl (C=O) groups is 1. The largest absolute Gasteiger partial charge is 0.439 e. The van der Waals surface area contributed by atoms with Crippen molar-refractivity contribution in [2.75, 3.05) is 5.32 Å². The van der Waals surface area contributed by atoms with E-state index in [1.54, 1.807) is 18.3 Å². The number of benzene rings is 2. The molecule has 0 bridgehead atoms. The molecule has 4 aromatic rings. The number of amides is 1. The summed E-state index contributed by atoms with van der Waals surface area (Å²) < 4.78 is 7.48. The van der Waals surface area contributed by atoms with Crippen LogP contribution in [0.4, 0.5) is 5.69 Å². The molecule has 0 saturated heterocycles. The lowest BCUT2D eigenvalue weighted by Gasteiger charge is -2.09. The van der Waals surface area contributed by atoms with Crippen LogP contribution in [0.1, 0.15) is 15.9 Å². The van der Waals surface area contributed by atoms with Gasteiger partial charge in [-0.25, -0.2) is 4.98 Å². The van der Waals surface area contributed by atoms with E-state index >= 15 is 0 Å². The van der Waals surface area contributed by atoms with Crippen molar-refractivity contribution < 1.29 is 9.53 Å². The number of aromatic nitrogens is 3. The molecule has 28 heavy (non-hydrogen) atoms. The van der Waals surface area contributed by atoms with Gasteiger partial charge in [-0.15, -0.1) is 0 Å². The number of hydrogen-bond donors (Lipinski definition) is 1. The minimum absolute atomic E-state index is 0.227. The van der Waals surface area contributed by atoms with Gasteiger partial charge in [0.2, 0.25) is 5.88 Å². The van der Waals surface area contributed by atoms with Gasteiger partial charge in [0.15, 0.2) is 0 Å². The maximum Gasteiger partial charge on any atom is 0.257 e. The summed E-state index contributed by atoms with van der Waals surface area (Å²) in [6, 6.07) is 22.3. The predicted molar refractivity (Wildman–Crippen MR) is 106 cm³/mol. The zero-order valence-corrected chi connectivity index (χ0v) is 15.0. The van der Waals surface area contributed by atoms with E-state index in [4.69, 9.17) is 4.74 Å². The van der Waals surface area contributed by atoms with Gasteiger partial charge in [-0.3, -0.25) is 9.48 Å². The number of pyridine rings is 1. The molecule has 2 aromatic heterocycles. The first kappa shape index (κ1) is 17.5. The smallest absolute Gasteiger partial charge is 0.257 e. The summed E-state index contributed by atoms with van der Waals surface area (Å²) in [5.41, 5.74) is 2.23. The minimum Gasteiger partial charge on any atom is -0.439 e. The molecule has 0 aliphatic rings. The van der Waals surface area contributed by atoms with E-state index in [2.05, 4.69) is 15.4 Å². The van der Waals surface area contributed by atoms with E-state index in [-0.39, 0.29) is 5.91 Å². The molecular formula is C22H18N4O2. The molecule has 1 amide bonds. The molecule has 0 saturated carbocycles. The molecule has 0 radical (unpaired) electrons. The van der Waals surface area contributed by atoms with Crippen molar-refractivity contribution in [3.05, 3.63) is 103 Å². The van der Waals surface area contributed by atoms with Crippen molar-refractivity contribution in [1.82, 2.24) is 14.8 Å². The molecule has 0 aliphatic heterocycles. The first-order valence-corrected chi connectivity index (χ1v) is 8.83. The van der Waals surface area contributed by atoms with Gasteiger partial charge in [0.25, 0.3) is 5.91 Å². The molecule has 0 atom stereocenters. The molecule has 0 fully saturated rings. The quantitative estimate of drug-likeness (QED) is 0.547. The van der Waals surface area contributed by atoms with E-state index in [1.165, 1.54) is 6.20 Å². The van der Waals surface area contributed by atoms with Crippen molar-refractivity contribution >= 4 is 11.6 Å². The van der Waals surface area contributed by atoms with Crippen LogP contribution in [0.15, 0.2) is 91.4 Å². The standard InChI is InChI=1S/C22H18N4O2/c27-22(18-10-11-21(23-15-18)28-20-8-2-1-3-9-20)25-19-7-4-6-17(14-19)16-26-13-5-12-24-26/h1-15H,16H2,(H,25,27). The zero-order chi connectivity index (χ0) is 19.2. The number of hydrogen-bond acceptors (Lipinski definition) is 4. The molecule has 138 valence electrons. The number of nitrogens with one attached hydrogen (secondary N) is 1. The van der Waals surface area contributed by atoms with Gasteiger partial charge in [-0.1, -0.05) is 30.3 Å². The number of carbonyl (C=O) groups excluding carboxylic acids is 1. The Morgan fingerprint density at radius 3 is 2.64 bits per heavy atom. The number of nitrogens with zero attached hydrogens (tertiary/aromatic N) is 3. The Bertz CT molecular complexity index is 1050. The highest BCUT2D eigenvalue weighted by Crippen LogP contribution is 2.19. The van der Waals surface area contributed by atoms with Gasteiger partial charge >= 0.3 is 0 Å². The highest BCUT2D eigenvalue weighted by molar-refractivity contribution is 6.04. The fraction of sp³-hybridized carbons (Fsp3) is 0.0455. The minimum atomic E-state index is -0.227. The Kier molecular flexibility index (Phi) is 5.11. The van der Waals surface area contributed by atoms with Crippen molar-refractivity contribution in [2.45, 2.75) is 6.54 Å². The lowest BCUT2D eigenvalue weighted by molar-refractivity contribution is 0.102. The van der Waals surface area contributed by atoms with Crippen LogP contribution in [-0.4, -0.2) is 20.7 Å². The number of para-hydroxylation sites is 1. The highest BCUT2D eigenvalue weighted by atomic mass is 16.5. The maximum atomic E-state index is 12.5.